The Labute approximate surface area is 82.0 Å². The minimum atomic E-state index is -0.593. The van der Waals surface area contributed by atoms with Gasteiger partial charge >= 0.3 is 6.03 Å². The molecule has 0 atom stereocenters. The van der Waals surface area contributed by atoms with Crippen molar-refractivity contribution in [2.75, 3.05) is 14.1 Å². The maximum Gasteiger partial charge on any atom is 0.333 e. The molecule has 1 aliphatic rings. The Hall–Kier alpha value is -1.65. The fourth-order valence-electron chi connectivity index (χ4n) is 1.25. The molecule has 1 rings (SSSR count). The second kappa shape index (κ2) is 3.25. The summed E-state index contributed by atoms with van der Waals surface area (Å²) in [5.74, 6) is -1.06. The molecule has 1 aliphatic heterocycles. The van der Waals surface area contributed by atoms with Crippen LogP contribution in [-0.2, 0) is 9.59 Å². The Balaban J connectivity index is 3.25. The van der Waals surface area contributed by atoms with Gasteiger partial charge in [-0.25, -0.2) is 4.79 Å². The molecule has 5 nitrogen and oxygen atoms in total. The predicted molar refractivity (Wildman–Crippen MR) is 49.3 cm³/mol. The van der Waals surface area contributed by atoms with Gasteiger partial charge in [-0.05, 0) is 13.8 Å². The quantitative estimate of drug-likeness (QED) is 0.415. The third kappa shape index (κ3) is 1.30. The number of amides is 4. The molecule has 0 aromatic heterocycles. The molecule has 1 saturated heterocycles. The van der Waals surface area contributed by atoms with Crippen molar-refractivity contribution in [1.82, 2.24) is 9.80 Å². The number of carbonyl (C=O) groups excluding carboxylic acids is 3. The van der Waals surface area contributed by atoms with Crippen LogP contribution in [-0.4, -0.2) is 41.7 Å². The summed E-state index contributed by atoms with van der Waals surface area (Å²) in [5, 5.41) is 0. The van der Waals surface area contributed by atoms with E-state index in [2.05, 4.69) is 0 Å². The van der Waals surface area contributed by atoms with E-state index < -0.39 is 17.8 Å². The molecule has 14 heavy (non-hydrogen) atoms. The van der Waals surface area contributed by atoms with E-state index in [1.54, 1.807) is 13.8 Å². The summed E-state index contributed by atoms with van der Waals surface area (Å²) in [7, 11) is 2.72. The number of barbiturate groups is 1. The maximum atomic E-state index is 11.5. The lowest BCUT2D eigenvalue weighted by Crippen LogP contribution is -2.53. The van der Waals surface area contributed by atoms with Crippen molar-refractivity contribution >= 4 is 17.8 Å². The van der Waals surface area contributed by atoms with Gasteiger partial charge in [0.05, 0.1) is 0 Å². The highest BCUT2D eigenvalue weighted by Gasteiger charge is 2.38. The highest BCUT2D eigenvalue weighted by Crippen LogP contribution is 2.17. The summed E-state index contributed by atoms with van der Waals surface area (Å²) in [5.41, 5.74) is 0.695. The molecule has 0 spiro atoms. The van der Waals surface area contributed by atoms with Crippen molar-refractivity contribution in [3.05, 3.63) is 11.1 Å². The number of nitrogens with zero attached hydrogens (tertiary/aromatic N) is 2. The van der Waals surface area contributed by atoms with Gasteiger partial charge in [0.2, 0.25) is 0 Å². The van der Waals surface area contributed by atoms with Gasteiger partial charge in [-0.2, -0.15) is 0 Å². The van der Waals surface area contributed by atoms with E-state index in [9.17, 15) is 14.4 Å². The zero-order chi connectivity index (χ0) is 11.0. The molecule has 0 unspecified atom stereocenters. The summed E-state index contributed by atoms with van der Waals surface area (Å²) in [6, 6.07) is -0.593. The first kappa shape index (κ1) is 10.4. The number of allylic oxidation sites excluding steroid dienone is 1. The molecule has 1 fully saturated rings. The minimum Gasteiger partial charge on any atom is -0.268 e. The van der Waals surface area contributed by atoms with E-state index in [0.717, 1.165) is 9.80 Å². The zero-order valence-corrected chi connectivity index (χ0v) is 8.62. The van der Waals surface area contributed by atoms with E-state index >= 15 is 0 Å². The van der Waals surface area contributed by atoms with Crippen LogP contribution in [0.15, 0.2) is 11.1 Å². The van der Waals surface area contributed by atoms with Gasteiger partial charge in [0.1, 0.15) is 5.57 Å². The second-order valence-electron chi connectivity index (χ2n) is 3.39. The maximum absolute atomic E-state index is 11.5. The fraction of sp³-hybridized carbons (Fsp3) is 0.444. The molecule has 76 valence electrons. The van der Waals surface area contributed by atoms with Crippen molar-refractivity contribution in [3.8, 4) is 0 Å². The molecular weight excluding hydrogens is 184 g/mol. The Morgan fingerprint density at radius 1 is 0.929 bits per heavy atom. The number of hydrogen-bond acceptors (Lipinski definition) is 3. The second-order valence-corrected chi connectivity index (χ2v) is 3.39. The third-order valence-corrected chi connectivity index (χ3v) is 2.11. The largest absolute Gasteiger partial charge is 0.333 e. The normalized spacial score (nSPS) is 18.0. The first-order chi connectivity index (χ1) is 6.37. The number of rotatable bonds is 0. The fourth-order valence-corrected chi connectivity index (χ4v) is 1.25. The van der Waals surface area contributed by atoms with Gasteiger partial charge in [-0.3, -0.25) is 19.4 Å². The lowest BCUT2D eigenvalue weighted by atomic mass is 10.1. The summed E-state index contributed by atoms with van der Waals surface area (Å²) in [4.78, 5) is 36.2. The van der Waals surface area contributed by atoms with Crippen LogP contribution in [0.2, 0.25) is 0 Å². The Morgan fingerprint density at radius 3 is 1.57 bits per heavy atom. The number of carbonyl (C=O) groups is 3. The molecule has 4 amide bonds. The number of likely N-dealkylation sites (N-methyl/N-ethyl adjacent to an activating group) is 2. The topological polar surface area (TPSA) is 57.7 Å². The zero-order valence-electron chi connectivity index (χ0n) is 8.62. The van der Waals surface area contributed by atoms with Crippen molar-refractivity contribution < 1.29 is 14.4 Å². The van der Waals surface area contributed by atoms with Gasteiger partial charge in [-0.15, -0.1) is 0 Å². The van der Waals surface area contributed by atoms with Crippen LogP contribution < -0.4 is 0 Å². The monoisotopic (exact) mass is 196 g/mol. The van der Waals surface area contributed by atoms with Crippen LogP contribution in [0, 0.1) is 0 Å². The Kier molecular flexibility index (Phi) is 2.42. The van der Waals surface area contributed by atoms with E-state index in [1.165, 1.54) is 14.1 Å². The van der Waals surface area contributed by atoms with Crippen molar-refractivity contribution in [2.45, 2.75) is 13.8 Å². The SMILES string of the molecule is CC(C)=C1C(=O)N(C)C(=O)N(C)C1=O. The van der Waals surface area contributed by atoms with Gasteiger partial charge in [-0.1, -0.05) is 5.57 Å². The summed E-state index contributed by atoms with van der Waals surface area (Å²) >= 11 is 0. The minimum absolute atomic E-state index is 0.0783. The van der Waals surface area contributed by atoms with Crippen LogP contribution >= 0.6 is 0 Å². The smallest absolute Gasteiger partial charge is 0.268 e. The predicted octanol–water partition coefficient (Wildman–Crippen LogP) is 0.373. The van der Waals surface area contributed by atoms with Crippen LogP contribution in [0.5, 0.6) is 0 Å². The molecule has 0 aromatic carbocycles. The van der Waals surface area contributed by atoms with Gasteiger partial charge < -0.3 is 0 Å². The molecular formula is C9H12N2O3. The van der Waals surface area contributed by atoms with E-state index in [4.69, 9.17) is 0 Å². The number of hydrogen-bond donors (Lipinski definition) is 0. The Morgan fingerprint density at radius 2 is 1.29 bits per heavy atom. The molecule has 0 N–H and O–H groups in total. The summed E-state index contributed by atoms with van der Waals surface area (Å²) < 4.78 is 0. The van der Waals surface area contributed by atoms with Gasteiger partial charge in [0, 0.05) is 14.1 Å². The van der Waals surface area contributed by atoms with Crippen LogP contribution in [0.25, 0.3) is 0 Å². The number of imide groups is 2. The summed E-state index contributed by atoms with van der Waals surface area (Å²) in [6.45, 7) is 3.34. The standard InChI is InChI=1S/C9H12N2O3/c1-5(2)6-7(12)10(3)9(14)11(4)8(6)13/h1-4H3. The van der Waals surface area contributed by atoms with Crippen LogP contribution in [0.4, 0.5) is 4.79 Å². The highest BCUT2D eigenvalue weighted by atomic mass is 16.2. The third-order valence-electron chi connectivity index (χ3n) is 2.11. The average Bonchev–Trinajstić information content (AvgIpc) is 2.11. The van der Waals surface area contributed by atoms with Gasteiger partial charge in [0.25, 0.3) is 11.8 Å². The van der Waals surface area contributed by atoms with Crippen molar-refractivity contribution in [3.63, 3.8) is 0 Å². The van der Waals surface area contributed by atoms with Crippen molar-refractivity contribution in [1.29, 1.82) is 0 Å². The average molecular weight is 196 g/mol. The van der Waals surface area contributed by atoms with Crippen LogP contribution in [0.1, 0.15) is 13.8 Å². The van der Waals surface area contributed by atoms with E-state index in [1.807, 2.05) is 0 Å². The van der Waals surface area contributed by atoms with Gasteiger partial charge in [0.15, 0.2) is 0 Å². The van der Waals surface area contributed by atoms with E-state index in [-0.39, 0.29) is 5.57 Å². The van der Waals surface area contributed by atoms with E-state index in [0.29, 0.717) is 5.57 Å². The van der Waals surface area contributed by atoms with Crippen LogP contribution in [0.3, 0.4) is 0 Å². The molecule has 0 saturated carbocycles. The lowest BCUT2D eigenvalue weighted by Gasteiger charge is -2.29. The lowest BCUT2D eigenvalue weighted by molar-refractivity contribution is -0.134. The first-order valence-electron chi connectivity index (χ1n) is 4.15. The summed E-state index contributed by atoms with van der Waals surface area (Å²) in [6.07, 6.45) is 0. The Bertz CT molecular complexity index is 327. The first-order valence-corrected chi connectivity index (χ1v) is 4.15. The molecule has 1 heterocycles. The number of urea groups is 1. The highest BCUT2D eigenvalue weighted by molar-refractivity contribution is 6.28. The molecule has 5 heteroatoms. The van der Waals surface area contributed by atoms with Crippen molar-refractivity contribution in [2.24, 2.45) is 0 Å². The molecule has 0 aliphatic carbocycles. The molecule has 0 radical (unpaired) electrons. The molecule has 0 aromatic rings. The molecule has 0 bridgehead atoms.